The highest BCUT2D eigenvalue weighted by Gasteiger charge is 2.48. The number of nitrogens with zero attached hydrogens (tertiary/aromatic N) is 4. The monoisotopic (exact) mass is 546 g/mol. The number of fused-ring (bicyclic) bond motifs is 1. The summed E-state index contributed by atoms with van der Waals surface area (Å²) in [6, 6.07) is 18.4. The number of hydrogen-bond donors (Lipinski definition) is 2. The number of hydrogen-bond acceptors (Lipinski definition) is 6. The van der Waals surface area contributed by atoms with Crippen LogP contribution in [-0.4, -0.2) is 59.3 Å². The molecule has 0 saturated carbocycles. The highest BCUT2D eigenvalue weighted by atomic mass is 19.1. The van der Waals surface area contributed by atoms with E-state index in [9.17, 15) is 13.6 Å². The topological polar surface area (TPSA) is 74.7 Å². The van der Waals surface area contributed by atoms with Gasteiger partial charge in [-0.15, -0.1) is 0 Å². The van der Waals surface area contributed by atoms with Crippen LogP contribution >= 0.6 is 0 Å². The summed E-state index contributed by atoms with van der Waals surface area (Å²) in [5.74, 6) is -2.39. The third-order valence-corrected chi connectivity index (χ3v) is 7.55. The van der Waals surface area contributed by atoms with Gasteiger partial charge in [0.05, 0.1) is 18.3 Å². The molecule has 4 aromatic rings. The fraction of sp³-hybridized carbons (Fsp3) is 0.333. The first kappa shape index (κ1) is 26.4. The molecule has 0 spiro atoms. The van der Waals surface area contributed by atoms with Crippen LogP contribution in [-0.2, 0) is 11.2 Å². The molecule has 1 unspecified atom stereocenters. The Morgan fingerprint density at radius 3 is 2.50 bits per heavy atom. The molecule has 1 atom stereocenters. The lowest BCUT2D eigenvalue weighted by Gasteiger charge is -2.52. The van der Waals surface area contributed by atoms with Crippen molar-refractivity contribution >= 4 is 16.8 Å². The third-order valence-electron chi connectivity index (χ3n) is 7.55. The van der Waals surface area contributed by atoms with Crippen LogP contribution in [0.2, 0.25) is 0 Å². The number of hydrazine groups is 1. The van der Waals surface area contributed by atoms with Gasteiger partial charge in [-0.1, -0.05) is 24.3 Å². The summed E-state index contributed by atoms with van der Waals surface area (Å²) in [6.45, 7) is 3.70. The van der Waals surface area contributed by atoms with Gasteiger partial charge < -0.3 is 10.1 Å². The van der Waals surface area contributed by atoms with E-state index in [2.05, 4.69) is 15.6 Å². The number of benzene rings is 3. The summed E-state index contributed by atoms with van der Waals surface area (Å²) in [7, 11) is 0. The normalized spacial score (nSPS) is 19.9. The number of ether oxygens (including phenoxy) is 1. The zero-order chi connectivity index (χ0) is 27.5. The van der Waals surface area contributed by atoms with Gasteiger partial charge >= 0.3 is 0 Å². The molecular weight excluding hydrogens is 514 g/mol. The molecule has 2 aliphatic heterocycles. The second kappa shape index (κ2) is 11.3. The van der Waals surface area contributed by atoms with E-state index in [1.807, 2.05) is 36.4 Å². The highest BCUT2D eigenvalue weighted by Crippen LogP contribution is 2.32. The summed E-state index contributed by atoms with van der Waals surface area (Å²) in [5.41, 5.74) is 5.87. The Kier molecular flexibility index (Phi) is 7.46. The van der Waals surface area contributed by atoms with Crippen LogP contribution in [0.15, 0.2) is 72.9 Å². The number of amides is 1. The van der Waals surface area contributed by atoms with E-state index in [1.54, 1.807) is 28.2 Å². The standard InChI is InChI=1S/C30H32F2N6O2/c31-26-18-23(19-27(32)20-26)16-22-8-9-28-25(17-22)21-34-37(28)38(35-29(39)24-6-2-1-3-7-24)30(10-4-5-15-40-30)36-13-11-33-12-14-36/h1-3,6-9,17-21,33H,4-5,10-16H2,(H,35,39). The lowest BCUT2D eigenvalue weighted by atomic mass is 10.0. The molecule has 1 aromatic heterocycles. The number of aromatic nitrogens is 2. The van der Waals surface area contributed by atoms with Crippen molar-refractivity contribution in [2.75, 3.05) is 37.9 Å². The quantitative estimate of drug-likeness (QED) is 0.342. The number of rotatable bonds is 7. The molecule has 3 aromatic carbocycles. The summed E-state index contributed by atoms with van der Waals surface area (Å²) in [6.07, 6.45) is 4.68. The van der Waals surface area contributed by atoms with Crippen LogP contribution in [0, 0.1) is 11.6 Å². The molecule has 0 radical (unpaired) electrons. The van der Waals surface area contributed by atoms with Crippen LogP contribution in [0.25, 0.3) is 10.9 Å². The van der Waals surface area contributed by atoms with E-state index in [0.717, 1.165) is 61.6 Å². The van der Waals surface area contributed by atoms with Gasteiger partial charge in [-0.05, 0) is 66.8 Å². The van der Waals surface area contributed by atoms with Crippen LogP contribution < -0.4 is 15.9 Å². The predicted molar refractivity (Wildman–Crippen MR) is 148 cm³/mol. The van der Waals surface area contributed by atoms with E-state index in [1.165, 1.54) is 12.1 Å². The van der Waals surface area contributed by atoms with Crippen molar-refractivity contribution < 1.29 is 18.3 Å². The van der Waals surface area contributed by atoms with E-state index in [4.69, 9.17) is 9.84 Å². The van der Waals surface area contributed by atoms with Gasteiger partial charge in [0.1, 0.15) is 11.6 Å². The minimum Gasteiger partial charge on any atom is -0.340 e. The Balaban J connectivity index is 1.39. The van der Waals surface area contributed by atoms with Crippen molar-refractivity contribution in [2.45, 2.75) is 31.5 Å². The second-order valence-electron chi connectivity index (χ2n) is 10.3. The molecule has 2 fully saturated rings. The maximum Gasteiger partial charge on any atom is 0.271 e. The lowest BCUT2D eigenvalue weighted by molar-refractivity contribution is -0.200. The van der Waals surface area contributed by atoms with Crippen molar-refractivity contribution in [3.05, 3.63) is 101 Å². The van der Waals surface area contributed by atoms with Gasteiger partial charge in [0, 0.05) is 49.6 Å². The van der Waals surface area contributed by atoms with Gasteiger partial charge in [-0.3, -0.25) is 9.69 Å². The van der Waals surface area contributed by atoms with E-state index in [-0.39, 0.29) is 5.91 Å². The van der Waals surface area contributed by atoms with Gasteiger partial charge in [-0.25, -0.2) is 14.2 Å². The second-order valence-corrected chi connectivity index (χ2v) is 10.3. The summed E-state index contributed by atoms with van der Waals surface area (Å²) in [4.78, 5) is 17.5. The number of nitrogens with one attached hydrogen (secondary N) is 2. The molecule has 8 nitrogen and oxygen atoms in total. The molecular formula is C30H32F2N6O2. The first-order valence-corrected chi connectivity index (χ1v) is 13.7. The minimum absolute atomic E-state index is 0.266. The van der Waals surface area contributed by atoms with E-state index in [0.29, 0.717) is 30.6 Å². The minimum atomic E-state index is -0.929. The lowest BCUT2D eigenvalue weighted by Crippen LogP contribution is -2.74. The molecule has 2 aliphatic rings. The van der Waals surface area contributed by atoms with Crippen LogP contribution in [0.1, 0.15) is 40.7 Å². The average molecular weight is 547 g/mol. The van der Waals surface area contributed by atoms with Crippen LogP contribution in [0.5, 0.6) is 0 Å². The summed E-state index contributed by atoms with van der Waals surface area (Å²) >= 11 is 0. The zero-order valence-electron chi connectivity index (χ0n) is 22.2. The fourth-order valence-electron chi connectivity index (χ4n) is 5.65. The van der Waals surface area contributed by atoms with Gasteiger partial charge in [0.25, 0.3) is 5.91 Å². The predicted octanol–water partition coefficient (Wildman–Crippen LogP) is 3.95. The summed E-state index contributed by atoms with van der Waals surface area (Å²) < 4.78 is 34.1. The zero-order valence-corrected chi connectivity index (χ0v) is 22.2. The number of carbonyl (C=O) groups is 1. The van der Waals surface area contributed by atoms with Crippen LogP contribution in [0.4, 0.5) is 8.78 Å². The average Bonchev–Trinajstić information content (AvgIpc) is 3.39. The molecule has 0 bridgehead atoms. The molecule has 2 N–H and O–H groups in total. The van der Waals surface area contributed by atoms with Gasteiger partial charge in [-0.2, -0.15) is 15.0 Å². The molecule has 40 heavy (non-hydrogen) atoms. The number of carbonyl (C=O) groups excluding carboxylic acids is 1. The maximum absolute atomic E-state index is 13.8. The Labute approximate surface area is 231 Å². The maximum atomic E-state index is 13.8. The Bertz CT molecular complexity index is 1460. The largest absolute Gasteiger partial charge is 0.340 e. The number of piperazine rings is 1. The highest BCUT2D eigenvalue weighted by molar-refractivity contribution is 5.94. The fourth-order valence-corrected chi connectivity index (χ4v) is 5.65. The van der Waals surface area contributed by atoms with E-state index >= 15 is 0 Å². The SMILES string of the molecule is O=C(NN(n1ncc2cc(Cc3cc(F)cc(F)c3)ccc21)C1(N2CCNCC2)CCCCO1)c1ccccc1. The first-order chi connectivity index (χ1) is 19.5. The van der Waals surface area contributed by atoms with Crippen LogP contribution in [0.3, 0.4) is 0 Å². The summed E-state index contributed by atoms with van der Waals surface area (Å²) in [5, 5.41) is 10.7. The van der Waals surface area contributed by atoms with Crippen molar-refractivity contribution in [3.8, 4) is 0 Å². The third kappa shape index (κ3) is 5.30. The molecule has 3 heterocycles. The van der Waals surface area contributed by atoms with Crippen molar-refractivity contribution in [1.29, 1.82) is 0 Å². The van der Waals surface area contributed by atoms with Crippen molar-refractivity contribution in [3.63, 3.8) is 0 Å². The molecule has 0 aliphatic carbocycles. The molecule has 1 amide bonds. The smallest absolute Gasteiger partial charge is 0.271 e. The first-order valence-electron chi connectivity index (χ1n) is 13.7. The van der Waals surface area contributed by atoms with E-state index < -0.39 is 17.5 Å². The Morgan fingerprint density at radius 2 is 1.77 bits per heavy atom. The molecule has 6 rings (SSSR count). The van der Waals surface area contributed by atoms with Crippen molar-refractivity contribution in [1.82, 2.24) is 25.5 Å². The molecule has 2 saturated heterocycles. The van der Waals surface area contributed by atoms with Crippen molar-refractivity contribution in [2.24, 2.45) is 0 Å². The van der Waals surface area contributed by atoms with Gasteiger partial charge in [0.2, 0.25) is 5.85 Å². The number of halogens is 2. The molecule has 208 valence electrons. The Morgan fingerprint density at radius 1 is 1.00 bits per heavy atom. The molecule has 10 heteroatoms. The van der Waals surface area contributed by atoms with Gasteiger partial charge in [0.15, 0.2) is 0 Å². The Hall–Kier alpha value is -3.86.